The summed E-state index contributed by atoms with van der Waals surface area (Å²) in [4.78, 5) is 5.77. The van der Waals surface area contributed by atoms with Gasteiger partial charge in [-0.15, -0.1) is 11.3 Å². The van der Waals surface area contributed by atoms with E-state index in [1.54, 1.807) is 11.3 Å². The van der Waals surface area contributed by atoms with Crippen molar-refractivity contribution in [3.8, 4) is 10.4 Å². The fraction of sp³-hybridized carbons (Fsp3) is 0.400. The summed E-state index contributed by atoms with van der Waals surface area (Å²) in [5, 5.41) is 4.81. The molecule has 18 heavy (non-hydrogen) atoms. The van der Waals surface area contributed by atoms with Crippen LogP contribution in [0.1, 0.15) is 30.7 Å². The van der Waals surface area contributed by atoms with Crippen LogP contribution in [-0.4, -0.2) is 11.0 Å². The van der Waals surface area contributed by atoms with Gasteiger partial charge in [0, 0.05) is 18.8 Å². The summed E-state index contributed by atoms with van der Waals surface area (Å²) in [6.45, 7) is 0.919. The molecule has 0 unspecified atom stereocenters. The van der Waals surface area contributed by atoms with E-state index in [4.69, 9.17) is 0 Å². The van der Waals surface area contributed by atoms with Gasteiger partial charge >= 0.3 is 0 Å². The molecule has 0 saturated heterocycles. The predicted molar refractivity (Wildman–Crippen MR) is 76.6 cm³/mol. The smallest absolute Gasteiger partial charge is 0.107 e. The lowest BCUT2D eigenvalue weighted by molar-refractivity contribution is 0.523. The molecular weight excluding hydrogens is 240 g/mol. The number of rotatable bonds is 4. The molecule has 0 atom stereocenters. The lowest BCUT2D eigenvalue weighted by Crippen LogP contribution is -2.25. The Balaban J connectivity index is 1.63. The zero-order chi connectivity index (χ0) is 12.2. The van der Waals surface area contributed by atoms with Crippen molar-refractivity contribution < 1.29 is 0 Å². The molecule has 0 amide bonds. The van der Waals surface area contributed by atoms with Crippen LogP contribution in [0, 0.1) is 0 Å². The normalized spacial score (nSPS) is 16.2. The Labute approximate surface area is 112 Å². The maximum atomic E-state index is 4.51. The Morgan fingerprint density at radius 3 is 2.72 bits per heavy atom. The van der Waals surface area contributed by atoms with Gasteiger partial charge < -0.3 is 5.32 Å². The average Bonchev–Trinajstić information content (AvgIpc) is 3.09. The van der Waals surface area contributed by atoms with Crippen molar-refractivity contribution >= 4 is 11.3 Å². The highest BCUT2D eigenvalue weighted by Crippen LogP contribution is 2.26. The summed E-state index contributed by atoms with van der Waals surface area (Å²) in [5.74, 6) is 0. The number of hydrogen-bond donors (Lipinski definition) is 1. The van der Waals surface area contributed by atoms with Crippen LogP contribution in [0.5, 0.6) is 0 Å². The zero-order valence-electron chi connectivity index (χ0n) is 10.4. The number of nitrogens with one attached hydrogen (secondary N) is 1. The predicted octanol–water partition coefficient (Wildman–Crippen LogP) is 3.84. The molecule has 1 N–H and O–H groups in total. The van der Waals surface area contributed by atoms with Crippen LogP contribution in [-0.2, 0) is 6.54 Å². The van der Waals surface area contributed by atoms with Crippen molar-refractivity contribution in [1.29, 1.82) is 0 Å². The third-order valence-corrected chi connectivity index (χ3v) is 4.56. The van der Waals surface area contributed by atoms with Gasteiger partial charge in [0.25, 0.3) is 0 Å². The highest BCUT2D eigenvalue weighted by atomic mass is 32.1. The minimum Gasteiger partial charge on any atom is -0.308 e. The Morgan fingerprint density at radius 1 is 1.17 bits per heavy atom. The van der Waals surface area contributed by atoms with Gasteiger partial charge in [-0.3, -0.25) is 0 Å². The molecule has 1 aliphatic carbocycles. The summed E-state index contributed by atoms with van der Waals surface area (Å²) < 4.78 is 0. The van der Waals surface area contributed by atoms with Gasteiger partial charge in [0.05, 0.1) is 4.88 Å². The third kappa shape index (κ3) is 2.79. The maximum absolute atomic E-state index is 4.51. The van der Waals surface area contributed by atoms with Crippen LogP contribution in [0.3, 0.4) is 0 Å². The van der Waals surface area contributed by atoms with Gasteiger partial charge in [0.1, 0.15) is 5.01 Å². The molecule has 0 bridgehead atoms. The second-order valence-electron chi connectivity index (χ2n) is 4.85. The van der Waals surface area contributed by atoms with Crippen LogP contribution in [0.4, 0.5) is 0 Å². The Hall–Kier alpha value is -1.19. The van der Waals surface area contributed by atoms with E-state index in [-0.39, 0.29) is 0 Å². The number of hydrogen-bond acceptors (Lipinski definition) is 3. The average molecular weight is 258 g/mol. The molecule has 1 heterocycles. The van der Waals surface area contributed by atoms with Gasteiger partial charge in [-0.05, 0) is 18.4 Å². The Kier molecular flexibility index (Phi) is 3.72. The molecule has 0 aliphatic heterocycles. The van der Waals surface area contributed by atoms with Crippen molar-refractivity contribution in [1.82, 2.24) is 10.3 Å². The standard InChI is InChI=1S/C15H18N2S/c1-2-6-12(7-3-1)14-10-17-15(18-14)11-16-13-8-4-5-9-13/h1-3,6-7,10,13,16H,4-5,8-9,11H2. The molecule has 1 fully saturated rings. The first-order valence-electron chi connectivity index (χ1n) is 6.65. The largest absolute Gasteiger partial charge is 0.308 e. The zero-order valence-corrected chi connectivity index (χ0v) is 11.2. The van der Waals surface area contributed by atoms with E-state index >= 15 is 0 Å². The van der Waals surface area contributed by atoms with Crippen molar-refractivity contribution in [2.75, 3.05) is 0 Å². The van der Waals surface area contributed by atoms with Crippen molar-refractivity contribution in [3.05, 3.63) is 41.5 Å². The van der Waals surface area contributed by atoms with Crippen LogP contribution in [0.25, 0.3) is 10.4 Å². The van der Waals surface area contributed by atoms with E-state index in [0.717, 1.165) is 6.54 Å². The molecule has 3 rings (SSSR count). The first-order chi connectivity index (χ1) is 8.92. The Morgan fingerprint density at radius 2 is 1.94 bits per heavy atom. The molecule has 0 radical (unpaired) electrons. The van der Waals surface area contributed by atoms with Gasteiger partial charge in [-0.25, -0.2) is 4.98 Å². The summed E-state index contributed by atoms with van der Waals surface area (Å²) in [5.41, 5.74) is 1.27. The molecular formula is C15H18N2S. The number of thiazole rings is 1. The molecule has 1 aromatic heterocycles. The minimum atomic E-state index is 0.717. The van der Waals surface area contributed by atoms with Crippen molar-refractivity contribution in [2.24, 2.45) is 0 Å². The summed E-state index contributed by atoms with van der Waals surface area (Å²) in [6.07, 6.45) is 7.41. The van der Waals surface area contributed by atoms with Gasteiger partial charge in [0.2, 0.25) is 0 Å². The second-order valence-corrected chi connectivity index (χ2v) is 5.96. The fourth-order valence-corrected chi connectivity index (χ4v) is 3.36. The second kappa shape index (κ2) is 5.63. The first-order valence-corrected chi connectivity index (χ1v) is 7.47. The minimum absolute atomic E-state index is 0.717. The Bertz CT molecular complexity index is 486. The molecule has 1 aromatic carbocycles. The van der Waals surface area contributed by atoms with E-state index < -0.39 is 0 Å². The molecule has 2 aromatic rings. The van der Waals surface area contributed by atoms with E-state index in [2.05, 4.69) is 34.6 Å². The fourth-order valence-electron chi connectivity index (χ4n) is 2.49. The summed E-state index contributed by atoms with van der Waals surface area (Å²) in [6, 6.07) is 11.2. The number of aromatic nitrogens is 1. The topological polar surface area (TPSA) is 24.9 Å². The van der Waals surface area contributed by atoms with Crippen molar-refractivity contribution in [3.63, 3.8) is 0 Å². The van der Waals surface area contributed by atoms with Gasteiger partial charge in [-0.2, -0.15) is 0 Å². The quantitative estimate of drug-likeness (QED) is 0.901. The highest BCUT2D eigenvalue weighted by molar-refractivity contribution is 7.15. The van der Waals surface area contributed by atoms with Gasteiger partial charge in [0.15, 0.2) is 0 Å². The van der Waals surface area contributed by atoms with Crippen LogP contribution in [0.2, 0.25) is 0 Å². The van der Waals surface area contributed by atoms with Gasteiger partial charge in [-0.1, -0.05) is 43.2 Å². The van der Waals surface area contributed by atoms with E-state index in [0.29, 0.717) is 6.04 Å². The molecule has 0 spiro atoms. The van der Waals surface area contributed by atoms with Crippen LogP contribution >= 0.6 is 11.3 Å². The lowest BCUT2D eigenvalue weighted by Gasteiger charge is -2.09. The molecule has 2 nitrogen and oxygen atoms in total. The first kappa shape index (κ1) is 11.9. The molecule has 1 saturated carbocycles. The van der Waals surface area contributed by atoms with E-state index in [9.17, 15) is 0 Å². The SMILES string of the molecule is c1ccc(-c2cnc(CNC3CCCC3)s2)cc1. The monoisotopic (exact) mass is 258 g/mol. The van der Waals surface area contributed by atoms with Crippen molar-refractivity contribution in [2.45, 2.75) is 38.3 Å². The summed E-state index contributed by atoms with van der Waals surface area (Å²) >= 11 is 1.80. The number of benzene rings is 1. The maximum Gasteiger partial charge on any atom is 0.107 e. The van der Waals surface area contributed by atoms with E-state index in [1.165, 1.54) is 41.1 Å². The molecule has 3 heteroatoms. The van der Waals surface area contributed by atoms with E-state index in [1.807, 2.05) is 12.3 Å². The van der Waals surface area contributed by atoms with Crippen LogP contribution in [0.15, 0.2) is 36.5 Å². The third-order valence-electron chi connectivity index (χ3n) is 3.51. The van der Waals surface area contributed by atoms with Crippen LogP contribution < -0.4 is 5.32 Å². The molecule has 1 aliphatic rings. The summed E-state index contributed by atoms with van der Waals surface area (Å²) in [7, 11) is 0. The lowest BCUT2D eigenvalue weighted by atomic mass is 10.2. The molecule has 94 valence electrons. The number of nitrogens with zero attached hydrogens (tertiary/aromatic N) is 1. The highest BCUT2D eigenvalue weighted by Gasteiger charge is 2.14.